The number of allylic oxidation sites excluding steroid dienone is 18. The van der Waals surface area contributed by atoms with E-state index >= 15 is 0 Å². The smallest absolute Gasteiger partial charge is 0.306 e. The Labute approximate surface area is 450 Å². The molecule has 0 bridgehead atoms. The Bertz CT molecular complexity index is 1490. The van der Waals surface area contributed by atoms with E-state index in [1.807, 2.05) is 0 Å². The van der Waals surface area contributed by atoms with Crippen molar-refractivity contribution in [3.05, 3.63) is 109 Å². The topological polar surface area (TPSA) is 78.9 Å². The van der Waals surface area contributed by atoms with Crippen molar-refractivity contribution in [2.75, 3.05) is 13.2 Å². The number of hydrogen-bond donors (Lipinski definition) is 0. The molecule has 1 atom stereocenters. The molecule has 0 aliphatic heterocycles. The highest BCUT2D eigenvalue weighted by Crippen LogP contribution is 2.14. The molecule has 0 aromatic rings. The lowest BCUT2D eigenvalue weighted by Gasteiger charge is -2.18. The van der Waals surface area contributed by atoms with Crippen LogP contribution in [0.25, 0.3) is 0 Å². The third-order valence-electron chi connectivity index (χ3n) is 12.7. The summed E-state index contributed by atoms with van der Waals surface area (Å²) in [6.07, 6.45) is 82.3. The standard InChI is InChI=1S/C67H112O6/c1-4-7-10-13-16-19-22-25-28-31-33-36-38-41-44-47-50-53-56-59-65(68)71-62-64(73-67(70)61-58-55-52-49-46-43-40-35-30-27-24-21-18-15-12-9-6-3)63-72-66(69)60-57-54-51-48-45-42-39-37-34-32-29-26-23-20-17-14-11-8-5-2/h16,18-19,21,25-30,33,36,40-41,43-44,49,52,64H,4-15,17,20,22-24,31-32,34-35,37-39,42,45-48,50-51,53-63H2,1-3H3/b19-16-,21-18-,28-25-,29-26-,30-27-,36-33-,43-40-,44-41-,52-49-/t64-/m1/s1. The zero-order chi connectivity index (χ0) is 52.9. The van der Waals surface area contributed by atoms with E-state index in [0.29, 0.717) is 19.3 Å². The Morgan fingerprint density at radius 1 is 0.274 bits per heavy atom. The van der Waals surface area contributed by atoms with Gasteiger partial charge in [0.2, 0.25) is 0 Å². The molecular weight excluding hydrogens is 901 g/mol. The zero-order valence-electron chi connectivity index (χ0n) is 47.6. The van der Waals surface area contributed by atoms with Crippen molar-refractivity contribution in [2.24, 2.45) is 0 Å². The fourth-order valence-corrected chi connectivity index (χ4v) is 8.12. The molecule has 0 aliphatic carbocycles. The molecule has 0 saturated heterocycles. The van der Waals surface area contributed by atoms with Gasteiger partial charge in [-0.25, -0.2) is 0 Å². The van der Waals surface area contributed by atoms with Crippen LogP contribution in [-0.2, 0) is 28.6 Å². The lowest BCUT2D eigenvalue weighted by atomic mass is 10.1. The van der Waals surface area contributed by atoms with E-state index in [-0.39, 0.29) is 37.5 Å². The summed E-state index contributed by atoms with van der Waals surface area (Å²) < 4.78 is 16.8. The third kappa shape index (κ3) is 58.8. The van der Waals surface area contributed by atoms with Gasteiger partial charge in [-0.2, -0.15) is 0 Å². The van der Waals surface area contributed by atoms with E-state index in [0.717, 1.165) is 89.9 Å². The van der Waals surface area contributed by atoms with Crippen LogP contribution in [-0.4, -0.2) is 37.2 Å². The van der Waals surface area contributed by atoms with Crippen molar-refractivity contribution in [2.45, 2.75) is 284 Å². The normalized spacial score (nSPS) is 12.9. The minimum atomic E-state index is -0.824. The van der Waals surface area contributed by atoms with Gasteiger partial charge >= 0.3 is 17.9 Å². The first-order valence-corrected chi connectivity index (χ1v) is 30.4. The molecule has 0 aromatic heterocycles. The number of rotatable bonds is 54. The molecule has 416 valence electrons. The van der Waals surface area contributed by atoms with Crippen molar-refractivity contribution < 1.29 is 28.6 Å². The second-order valence-corrected chi connectivity index (χ2v) is 19.9. The maximum atomic E-state index is 12.9. The Morgan fingerprint density at radius 2 is 0.507 bits per heavy atom. The van der Waals surface area contributed by atoms with E-state index in [2.05, 4.69) is 130 Å². The van der Waals surface area contributed by atoms with Gasteiger partial charge in [-0.15, -0.1) is 0 Å². The van der Waals surface area contributed by atoms with Gasteiger partial charge in [0.15, 0.2) is 6.10 Å². The molecule has 6 heteroatoms. The summed E-state index contributed by atoms with van der Waals surface area (Å²) in [6, 6.07) is 0. The van der Waals surface area contributed by atoms with Crippen LogP contribution >= 0.6 is 0 Å². The van der Waals surface area contributed by atoms with Crippen molar-refractivity contribution >= 4 is 17.9 Å². The summed E-state index contributed by atoms with van der Waals surface area (Å²) in [5.41, 5.74) is 0. The van der Waals surface area contributed by atoms with Gasteiger partial charge in [0, 0.05) is 19.3 Å². The number of carbonyl (C=O) groups is 3. The Morgan fingerprint density at radius 3 is 0.863 bits per heavy atom. The first-order chi connectivity index (χ1) is 36.0. The van der Waals surface area contributed by atoms with Crippen molar-refractivity contribution in [1.82, 2.24) is 0 Å². The zero-order valence-corrected chi connectivity index (χ0v) is 47.6. The van der Waals surface area contributed by atoms with E-state index in [1.54, 1.807) is 0 Å². The quantitative estimate of drug-likeness (QED) is 0.0261. The summed E-state index contributed by atoms with van der Waals surface area (Å²) in [4.78, 5) is 38.2. The largest absolute Gasteiger partial charge is 0.462 e. The van der Waals surface area contributed by atoms with Crippen LogP contribution in [0.1, 0.15) is 278 Å². The number of ether oxygens (including phenoxy) is 3. The molecule has 0 aliphatic rings. The molecule has 0 unspecified atom stereocenters. The molecule has 0 saturated carbocycles. The highest BCUT2D eigenvalue weighted by molar-refractivity contribution is 5.71. The molecule has 0 N–H and O–H groups in total. The molecule has 0 heterocycles. The van der Waals surface area contributed by atoms with E-state index in [1.165, 1.54) is 141 Å². The van der Waals surface area contributed by atoms with Crippen molar-refractivity contribution in [3.63, 3.8) is 0 Å². The van der Waals surface area contributed by atoms with Gasteiger partial charge in [-0.1, -0.05) is 239 Å². The molecule has 6 nitrogen and oxygen atoms in total. The van der Waals surface area contributed by atoms with Gasteiger partial charge in [0.25, 0.3) is 0 Å². The number of hydrogen-bond acceptors (Lipinski definition) is 6. The van der Waals surface area contributed by atoms with Crippen LogP contribution in [0.5, 0.6) is 0 Å². The molecule has 0 radical (unpaired) electrons. The Balaban J connectivity index is 4.52. The molecule has 0 amide bonds. The predicted octanol–water partition coefficient (Wildman–Crippen LogP) is 20.7. The summed E-state index contributed by atoms with van der Waals surface area (Å²) in [5.74, 6) is -1.000. The monoisotopic (exact) mass is 1010 g/mol. The second kappa shape index (κ2) is 60.6. The van der Waals surface area contributed by atoms with E-state index < -0.39 is 6.10 Å². The highest BCUT2D eigenvalue weighted by atomic mass is 16.6. The SMILES string of the molecule is CCCCC/C=C\C/C=C\C/C=C\C/C=C\CCCCCC(=O)OC[C@H](COC(=O)CCCCCCCCCCC/C=C\CCCCCCCC)OC(=O)CCC/C=C\C/C=C\C/C=C\C/C=C\CCCCC. The van der Waals surface area contributed by atoms with Crippen LogP contribution < -0.4 is 0 Å². The fraction of sp³-hybridized carbons (Fsp3) is 0.687. The average Bonchev–Trinajstić information content (AvgIpc) is 3.39. The third-order valence-corrected chi connectivity index (χ3v) is 12.7. The molecule has 73 heavy (non-hydrogen) atoms. The highest BCUT2D eigenvalue weighted by Gasteiger charge is 2.19. The molecule has 0 spiro atoms. The van der Waals surface area contributed by atoms with Crippen LogP contribution in [0, 0.1) is 0 Å². The Hall–Kier alpha value is -3.93. The molecule has 0 aromatic carbocycles. The molecule has 0 rings (SSSR count). The minimum absolute atomic E-state index is 0.112. The van der Waals surface area contributed by atoms with E-state index in [9.17, 15) is 14.4 Å². The number of unbranched alkanes of at least 4 members (excludes halogenated alkanes) is 25. The summed E-state index contributed by atoms with van der Waals surface area (Å²) >= 11 is 0. The predicted molar refractivity (Wildman–Crippen MR) is 316 cm³/mol. The lowest BCUT2D eigenvalue weighted by molar-refractivity contribution is -0.167. The Kier molecular flexibility index (Phi) is 57.4. The summed E-state index contributed by atoms with van der Waals surface area (Å²) in [7, 11) is 0. The minimum Gasteiger partial charge on any atom is -0.462 e. The van der Waals surface area contributed by atoms with Crippen molar-refractivity contribution in [3.8, 4) is 0 Å². The number of carbonyl (C=O) groups excluding carboxylic acids is 3. The van der Waals surface area contributed by atoms with Gasteiger partial charge in [0.05, 0.1) is 0 Å². The number of esters is 3. The van der Waals surface area contributed by atoms with Crippen LogP contribution in [0.15, 0.2) is 109 Å². The van der Waals surface area contributed by atoms with Crippen LogP contribution in [0.4, 0.5) is 0 Å². The van der Waals surface area contributed by atoms with Gasteiger partial charge in [-0.3, -0.25) is 14.4 Å². The van der Waals surface area contributed by atoms with Gasteiger partial charge < -0.3 is 14.2 Å². The maximum absolute atomic E-state index is 12.9. The molecule has 0 fully saturated rings. The second-order valence-electron chi connectivity index (χ2n) is 19.9. The maximum Gasteiger partial charge on any atom is 0.306 e. The van der Waals surface area contributed by atoms with Gasteiger partial charge in [-0.05, 0) is 128 Å². The molecular formula is C67H112O6. The first kappa shape index (κ1) is 69.1. The summed E-state index contributed by atoms with van der Waals surface area (Å²) in [5, 5.41) is 0. The van der Waals surface area contributed by atoms with Crippen LogP contribution in [0.2, 0.25) is 0 Å². The summed E-state index contributed by atoms with van der Waals surface area (Å²) in [6.45, 7) is 6.52. The van der Waals surface area contributed by atoms with Crippen molar-refractivity contribution in [1.29, 1.82) is 0 Å². The lowest BCUT2D eigenvalue weighted by Crippen LogP contribution is -2.30. The first-order valence-electron chi connectivity index (χ1n) is 30.4. The van der Waals surface area contributed by atoms with E-state index in [4.69, 9.17) is 14.2 Å². The fourth-order valence-electron chi connectivity index (χ4n) is 8.12. The van der Waals surface area contributed by atoms with Crippen LogP contribution in [0.3, 0.4) is 0 Å². The average molecular weight is 1010 g/mol. The van der Waals surface area contributed by atoms with Gasteiger partial charge in [0.1, 0.15) is 13.2 Å².